The van der Waals surface area contributed by atoms with Gasteiger partial charge in [0, 0.05) is 22.4 Å². The average Bonchev–Trinajstić information content (AvgIpc) is 3.83. The van der Waals surface area contributed by atoms with Crippen LogP contribution in [0.1, 0.15) is 73.6 Å². The van der Waals surface area contributed by atoms with Gasteiger partial charge in [0.1, 0.15) is 0 Å². The minimum Gasteiger partial charge on any atom is -0.310 e. The van der Waals surface area contributed by atoms with E-state index in [9.17, 15) is 0 Å². The summed E-state index contributed by atoms with van der Waals surface area (Å²) in [5, 5.41) is 0. The highest BCUT2D eigenvalue weighted by Crippen LogP contribution is 2.59. The molecule has 0 fully saturated rings. The van der Waals surface area contributed by atoms with Gasteiger partial charge in [-0.2, -0.15) is 0 Å². The largest absolute Gasteiger partial charge is 0.310 e. The molecule has 332 valence electrons. The third-order valence-corrected chi connectivity index (χ3v) is 15.2. The molecule has 0 saturated carbocycles. The van der Waals surface area contributed by atoms with E-state index in [0.29, 0.717) is 0 Å². The number of nitrogens with zero attached hydrogens (tertiary/aromatic N) is 1. The molecule has 0 atom stereocenters. The second kappa shape index (κ2) is 16.4. The summed E-state index contributed by atoms with van der Waals surface area (Å²) in [6.45, 7) is 11.6. The quantitative estimate of drug-likeness (QED) is 0.147. The number of hydrogen-bond donors (Lipinski definition) is 0. The summed E-state index contributed by atoms with van der Waals surface area (Å²) in [5.74, 6) is 0. The molecular weight excluding hydrogens is 831 g/mol. The van der Waals surface area contributed by atoms with Gasteiger partial charge in [-0.1, -0.05) is 241 Å². The lowest BCUT2D eigenvalue weighted by Gasteiger charge is -2.34. The molecule has 0 N–H and O–H groups in total. The van der Waals surface area contributed by atoms with Crippen LogP contribution in [0.5, 0.6) is 0 Å². The molecule has 2 aliphatic carbocycles. The number of anilines is 3. The summed E-state index contributed by atoms with van der Waals surface area (Å²) < 4.78 is 0. The molecule has 0 unspecified atom stereocenters. The first-order valence-electron chi connectivity index (χ1n) is 24.4. The van der Waals surface area contributed by atoms with E-state index in [4.69, 9.17) is 0 Å². The Labute approximate surface area is 408 Å². The van der Waals surface area contributed by atoms with Crippen molar-refractivity contribution in [2.24, 2.45) is 0 Å². The lowest BCUT2D eigenvalue weighted by molar-refractivity contribution is 0.590. The third kappa shape index (κ3) is 6.82. The molecule has 0 radical (unpaired) electrons. The van der Waals surface area contributed by atoms with Gasteiger partial charge >= 0.3 is 0 Å². The van der Waals surface area contributed by atoms with E-state index in [2.05, 4.69) is 282 Å². The van der Waals surface area contributed by atoms with Crippen molar-refractivity contribution >= 4 is 17.1 Å². The maximum atomic E-state index is 2.49. The van der Waals surface area contributed by atoms with Crippen molar-refractivity contribution in [1.82, 2.24) is 0 Å². The van der Waals surface area contributed by atoms with Gasteiger partial charge in [-0.25, -0.2) is 0 Å². The highest BCUT2D eigenvalue weighted by atomic mass is 15.1. The van der Waals surface area contributed by atoms with Crippen LogP contribution in [-0.2, 0) is 16.2 Å². The van der Waals surface area contributed by atoms with E-state index in [1.807, 2.05) is 0 Å². The fourth-order valence-electron chi connectivity index (χ4n) is 11.7. The molecule has 1 heteroatoms. The van der Waals surface area contributed by atoms with E-state index < -0.39 is 5.41 Å². The summed E-state index contributed by atoms with van der Waals surface area (Å²) >= 11 is 0. The minimum absolute atomic E-state index is 0.0750. The van der Waals surface area contributed by atoms with Crippen molar-refractivity contribution in [3.8, 4) is 55.6 Å². The summed E-state index contributed by atoms with van der Waals surface area (Å²) in [5.41, 5.74) is 24.5. The zero-order chi connectivity index (χ0) is 46.9. The molecule has 0 amide bonds. The molecule has 10 aromatic carbocycles. The molecule has 0 bridgehead atoms. The first kappa shape index (κ1) is 42.4. The number of rotatable bonds is 8. The lowest BCUT2D eigenvalue weighted by Crippen LogP contribution is -2.28. The topological polar surface area (TPSA) is 3.24 Å². The van der Waals surface area contributed by atoms with Gasteiger partial charge in [-0.3, -0.25) is 0 Å². The lowest BCUT2D eigenvalue weighted by atomic mass is 9.67. The number of hydrogen-bond acceptors (Lipinski definition) is 1. The summed E-state index contributed by atoms with van der Waals surface area (Å²) in [4.78, 5) is 2.46. The normalized spacial score (nSPS) is 13.8. The van der Waals surface area contributed by atoms with Crippen molar-refractivity contribution in [2.75, 3.05) is 4.90 Å². The van der Waals surface area contributed by atoms with Crippen molar-refractivity contribution in [1.29, 1.82) is 0 Å². The Hall–Kier alpha value is -8.00. The van der Waals surface area contributed by atoms with Gasteiger partial charge in [0.25, 0.3) is 0 Å². The molecule has 0 saturated heterocycles. The molecule has 0 aliphatic heterocycles. The van der Waals surface area contributed by atoms with Crippen LogP contribution >= 0.6 is 0 Å². The fraction of sp³-hybridized carbons (Fsp3) is 0.118. The van der Waals surface area contributed by atoms with Crippen molar-refractivity contribution in [2.45, 2.75) is 50.9 Å². The Kier molecular flexibility index (Phi) is 10.0. The molecule has 0 heterocycles. The monoisotopic (exact) mass is 885 g/mol. The molecule has 0 spiro atoms. The molecule has 0 aromatic heterocycles. The first-order valence-corrected chi connectivity index (χ1v) is 24.4. The molecule has 69 heavy (non-hydrogen) atoms. The van der Waals surface area contributed by atoms with Crippen LogP contribution in [0, 0.1) is 0 Å². The zero-order valence-corrected chi connectivity index (χ0v) is 40.0. The van der Waals surface area contributed by atoms with Crippen molar-refractivity contribution < 1.29 is 0 Å². The van der Waals surface area contributed by atoms with Crippen LogP contribution in [-0.4, -0.2) is 0 Å². The second-order valence-electron chi connectivity index (χ2n) is 20.5. The number of fused-ring (bicyclic) bond motifs is 6. The van der Waals surface area contributed by atoms with Gasteiger partial charge in [0.05, 0.1) is 11.1 Å². The Bertz CT molecular complexity index is 3460. The van der Waals surface area contributed by atoms with Crippen LogP contribution in [0.2, 0.25) is 0 Å². The van der Waals surface area contributed by atoms with Gasteiger partial charge in [-0.05, 0) is 131 Å². The zero-order valence-electron chi connectivity index (χ0n) is 40.0. The van der Waals surface area contributed by atoms with Crippen molar-refractivity contribution in [3.05, 3.63) is 282 Å². The van der Waals surface area contributed by atoms with Crippen LogP contribution < -0.4 is 4.90 Å². The maximum absolute atomic E-state index is 2.49. The van der Waals surface area contributed by atoms with Crippen LogP contribution in [0.3, 0.4) is 0 Å². The van der Waals surface area contributed by atoms with Gasteiger partial charge in [0.15, 0.2) is 0 Å². The Morgan fingerprint density at radius 1 is 0.333 bits per heavy atom. The van der Waals surface area contributed by atoms with Gasteiger partial charge in [-0.15, -0.1) is 0 Å². The fourth-order valence-corrected chi connectivity index (χ4v) is 11.7. The minimum atomic E-state index is -0.537. The predicted molar refractivity (Wildman–Crippen MR) is 291 cm³/mol. The molecule has 10 aromatic rings. The van der Waals surface area contributed by atoms with Crippen molar-refractivity contribution in [3.63, 3.8) is 0 Å². The Balaban J connectivity index is 1.02. The van der Waals surface area contributed by atoms with E-state index >= 15 is 0 Å². The van der Waals surface area contributed by atoms with E-state index in [1.165, 1.54) is 100 Å². The smallest absolute Gasteiger partial charge is 0.0714 e. The molecular formula is C68H55N. The second-order valence-corrected chi connectivity index (χ2v) is 20.5. The summed E-state index contributed by atoms with van der Waals surface area (Å²) in [6, 6.07) is 90.6. The Morgan fingerprint density at radius 2 is 0.797 bits per heavy atom. The summed E-state index contributed by atoms with van der Waals surface area (Å²) in [7, 11) is 0. The van der Waals surface area contributed by atoms with Crippen LogP contribution in [0.25, 0.3) is 55.6 Å². The molecule has 12 rings (SSSR count). The maximum Gasteiger partial charge on any atom is 0.0714 e. The van der Waals surface area contributed by atoms with Crippen LogP contribution in [0.4, 0.5) is 17.1 Å². The highest BCUT2D eigenvalue weighted by molar-refractivity contribution is 5.98. The Morgan fingerprint density at radius 3 is 1.42 bits per heavy atom. The van der Waals surface area contributed by atoms with E-state index in [1.54, 1.807) is 0 Å². The number of benzene rings is 10. The van der Waals surface area contributed by atoms with E-state index in [0.717, 1.165) is 11.4 Å². The molecule has 2 aliphatic rings. The predicted octanol–water partition coefficient (Wildman–Crippen LogP) is 18.1. The van der Waals surface area contributed by atoms with E-state index in [-0.39, 0.29) is 10.8 Å². The summed E-state index contributed by atoms with van der Waals surface area (Å²) in [6.07, 6.45) is 0. The standard InChI is InChI=1S/C68H55N/c1-66(2,3)51-38-31-49(32-39-51)56-26-17-29-61-64(56)58-44-37-50(45-62(58)68(61,52-21-11-7-12-22-52)53-23-13-8-14-24-53)48-35-42-55(43-36-48)69(54-40-33-47(34-41-54)46-19-9-6-10-20-46)63-30-18-28-60-65(63)57-25-15-16-27-59(57)67(60,4)5/h6-45H,1-5H3. The van der Waals surface area contributed by atoms with Crippen LogP contribution in [0.15, 0.2) is 243 Å². The van der Waals surface area contributed by atoms with Gasteiger partial charge < -0.3 is 4.90 Å². The van der Waals surface area contributed by atoms with Gasteiger partial charge in [0.2, 0.25) is 0 Å². The average molecular weight is 886 g/mol. The third-order valence-electron chi connectivity index (χ3n) is 15.2. The highest BCUT2D eigenvalue weighted by Gasteiger charge is 2.47. The SMILES string of the molecule is CC(C)(C)c1ccc(-c2cccc3c2-c2ccc(-c4ccc(N(c5ccc(-c6ccccc6)cc5)c5cccc6c5-c5ccccc5C6(C)C)cc4)cc2C3(c2ccccc2)c2ccccc2)cc1. The first-order chi connectivity index (χ1) is 33.6. The molecule has 1 nitrogen and oxygen atoms in total.